The third-order valence-electron chi connectivity index (χ3n) is 3.85. The SMILES string of the molecule is CCOCC1CC[C@@H]2CC[C@H]1N2C. The number of ether oxygens (including phenoxy) is 1. The molecule has 2 heteroatoms. The molecular formula is C11H21NO. The molecule has 13 heavy (non-hydrogen) atoms. The normalized spacial score (nSPS) is 39.7. The second-order valence-corrected chi connectivity index (χ2v) is 4.46. The van der Waals surface area contributed by atoms with Gasteiger partial charge in [-0.3, -0.25) is 0 Å². The van der Waals surface area contributed by atoms with Gasteiger partial charge in [0.05, 0.1) is 6.61 Å². The van der Waals surface area contributed by atoms with Crippen LogP contribution in [0.3, 0.4) is 0 Å². The van der Waals surface area contributed by atoms with Crippen LogP contribution in [0.25, 0.3) is 0 Å². The second kappa shape index (κ2) is 3.97. The fourth-order valence-corrected chi connectivity index (χ4v) is 3.02. The lowest BCUT2D eigenvalue weighted by atomic mass is 9.91. The summed E-state index contributed by atoms with van der Waals surface area (Å²) in [6.45, 7) is 3.94. The monoisotopic (exact) mass is 183 g/mol. The highest BCUT2D eigenvalue weighted by atomic mass is 16.5. The van der Waals surface area contributed by atoms with Gasteiger partial charge < -0.3 is 9.64 Å². The van der Waals surface area contributed by atoms with Gasteiger partial charge in [0.25, 0.3) is 0 Å². The van der Waals surface area contributed by atoms with Gasteiger partial charge in [0.1, 0.15) is 0 Å². The Hall–Kier alpha value is -0.0800. The standard InChI is InChI=1S/C11H21NO/c1-3-13-8-9-4-5-10-6-7-11(9)12(10)2/h9-11H,3-8H2,1-2H3/t9?,10-,11-/m1/s1. The summed E-state index contributed by atoms with van der Waals surface area (Å²) in [6, 6.07) is 1.72. The first kappa shape index (κ1) is 9.47. The molecular weight excluding hydrogens is 162 g/mol. The van der Waals surface area contributed by atoms with E-state index in [1.54, 1.807) is 0 Å². The van der Waals surface area contributed by atoms with Crippen LogP contribution in [0.4, 0.5) is 0 Å². The fraction of sp³-hybridized carbons (Fsp3) is 1.00. The molecule has 0 aromatic rings. The van der Waals surface area contributed by atoms with Crippen molar-refractivity contribution in [2.24, 2.45) is 5.92 Å². The molecule has 0 amide bonds. The summed E-state index contributed by atoms with van der Waals surface area (Å²) in [6.07, 6.45) is 5.60. The zero-order valence-electron chi connectivity index (χ0n) is 8.83. The van der Waals surface area contributed by atoms with Crippen LogP contribution in [-0.4, -0.2) is 37.2 Å². The maximum absolute atomic E-state index is 5.55. The first-order valence-corrected chi connectivity index (χ1v) is 5.62. The van der Waals surface area contributed by atoms with E-state index in [-0.39, 0.29) is 0 Å². The van der Waals surface area contributed by atoms with Gasteiger partial charge in [-0.05, 0) is 45.6 Å². The van der Waals surface area contributed by atoms with E-state index in [1.807, 2.05) is 0 Å². The van der Waals surface area contributed by atoms with Gasteiger partial charge in [0, 0.05) is 18.7 Å². The Morgan fingerprint density at radius 2 is 2.00 bits per heavy atom. The summed E-state index contributed by atoms with van der Waals surface area (Å²) in [4.78, 5) is 2.59. The lowest BCUT2D eigenvalue weighted by molar-refractivity contribution is 0.0391. The summed E-state index contributed by atoms with van der Waals surface area (Å²) < 4.78 is 5.55. The smallest absolute Gasteiger partial charge is 0.0509 e. The van der Waals surface area contributed by atoms with Crippen molar-refractivity contribution < 1.29 is 4.74 Å². The minimum atomic E-state index is 0.809. The fourth-order valence-electron chi connectivity index (χ4n) is 3.02. The average molecular weight is 183 g/mol. The quantitative estimate of drug-likeness (QED) is 0.662. The van der Waals surface area contributed by atoms with Gasteiger partial charge in [0.15, 0.2) is 0 Å². The molecule has 0 spiro atoms. The first-order valence-electron chi connectivity index (χ1n) is 5.62. The molecule has 2 nitrogen and oxygen atoms in total. The summed E-state index contributed by atoms with van der Waals surface area (Å²) in [7, 11) is 2.29. The van der Waals surface area contributed by atoms with Crippen molar-refractivity contribution in [3.8, 4) is 0 Å². The van der Waals surface area contributed by atoms with Crippen molar-refractivity contribution in [2.45, 2.75) is 44.7 Å². The van der Waals surface area contributed by atoms with Gasteiger partial charge in [-0.2, -0.15) is 0 Å². The van der Waals surface area contributed by atoms with Gasteiger partial charge in [0.2, 0.25) is 0 Å². The molecule has 0 aromatic carbocycles. The van der Waals surface area contributed by atoms with E-state index in [0.29, 0.717) is 0 Å². The molecule has 2 fully saturated rings. The molecule has 0 saturated carbocycles. The highest BCUT2D eigenvalue weighted by Gasteiger charge is 2.39. The molecule has 2 aliphatic heterocycles. The van der Waals surface area contributed by atoms with E-state index in [0.717, 1.165) is 31.2 Å². The van der Waals surface area contributed by atoms with Gasteiger partial charge in [-0.25, -0.2) is 0 Å². The zero-order valence-corrected chi connectivity index (χ0v) is 8.83. The number of hydrogen-bond donors (Lipinski definition) is 0. The minimum absolute atomic E-state index is 0.809. The molecule has 0 aromatic heterocycles. The summed E-state index contributed by atoms with van der Waals surface area (Å²) in [5.41, 5.74) is 0. The molecule has 0 radical (unpaired) electrons. The third kappa shape index (κ3) is 1.75. The van der Waals surface area contributed by atoms with Gasteiger partial charge >= 0.3 is 0 Å². The largest absolute Gasteiger partial charge is 0.381 e. The van der Waals surface area contributed by atoms with Gasteiger partial charge in [-0.15, -0.1) is 0 Å². The van der Waals surface area contributed by atoms with Crippen LogP contribution in [0, 0.1) is 5.92 Å². The number of piperidine rings is 1. The Balaban J connectivity index is 1.90. The van der Waals surface area contributed by atoms with Crippen LogP contribution in [-0.2, 0) is 4.74 Å². The van der Waals surface area contributed by atoms with E-state index < -0.39 is 0 Å². The van der Waals surface area contributed by atoms with E-state index in [2.05, 4.69) is 18.9 Å². The van der Waals surface area contributed by atoms with Crippen molar-refractivity contribution >= 4 is 0 Å². The average Bonchev–Trinajstić information content (AvgIpc) is 2.38. The predicted octanol–water partition coefficient (Wildman–Crippen LogP) is 1.90. The molecule has 0 N–H and O–H groups in total. The van der Waals surface area contributed by atoms with Crippen molar-refractivity contribution in [2.75, 3.05) is 20.3 Å². The topological polar surface area (TPSA) is 12.5 Å². The Kier molecular flexibility index (Phi) is 2.89. The number of nitrogens with zero attached hydrogens (tertiary/aromatic N) is 1. The molecule has 2 heterocycles. The molecule has 76 valence electrons. The van der Waals surface area contributed by atoms with Crippen LogP contribution >= 0.6 is 0 Å². The maximum Gasteiger partial charge on any atom is 0.0509 e. The van der Waals surface area contributed by atoms with Crippen molar-refractivity contribution in [1.29, 1.82) is 0 Å². The highest BCUT2D eigenvalue weighted by Crippen LogP contribution is 2.37. The number of rotatable bonds is 3. The van der Waals surface area contributed by atoms with Crippen LogP contribution in [0.15, 0.2) is 0 Å². The number of fused-ring (bicyclic) bond motifs is 2. The molecule has 2 rings (SSSR count). The van der Waals surface area contributed by atoms with Crippen LogP contribution in [0.1, 0.15) is 32.6 Å². The van der Waals surface area contributed by atoms with Crippen LogP contribution < -0.4 is 0 Å². The number of hydrogen-bond acceptors (Lipinski definition) is 2. The molecule has 1 unspecified atom stereocenters. The molecule has 3 atom stereocenters. The van der Waals surface area contributed by atoms with E-state index in [4.69, 9.17) is 4.74 Å². The second-order valence-electron chi connectivity index (χ2n) is 4.46. The summed E-state index contributed by atoms with van der Waals surface area (Å²) in [5, 5.41) is 0. The first-order chi connectivity index (χ1) is 6.33. The maximum atomic E-state index is 5.55. The minimum Gasteiger partial charge on any atom is -0.381 e. The third-order valence-corrected chi connectivity index (χ3v) is 3.85. The lowest BCUT2D eigenvalue weighted by Gasteiger charge is -2.37. The molecule has 2 aliphatic rings. The summed E-state index contributed by atoms with van der Waals surface area (Å²) >= 11 is 0. The van der Waals surface area contributed by atoms with Crippen LogP contribution in [0.2, 0.25) is 0 Å². The van der Waals surface area contributed by atoms with Gasteiger partial charge in [-0.1, -0.05) is 0 Å². The Morgan fingerprint density at radius 1 is 1.23 bits per heavy atom. The molecule has 2 saturated heterocycles. The Morgan fingerprint density at radius 3 is 2.77 bits per heavy atom. The lowest BCUT2D eigenvalue weighted by Crippen LogP contribution is -2.43. The van der Waals surface area contributed by atoms with E-state index in [9.17, 15) is 0 Å². The Bertz CT molecular complexity index is 171. The van der Waals surface area contributed by atoms with Crippen LogP contribution in [0.5, 0.6) is 0 Å². The predicted molar refractivity (Wildman–Crippen MR) is 53.8 cm³/mol. The van der Waals surface area contributed by atoms with Crippen molar-refractivity contribution in [3.05, 3.63) is 0 Å². The zero-order chi connectivity index (χ0) is 9.26. The Labute approximate surface area is 81.3 Å². The summed E-state index contributed by atoms with van der Waals surface area (Å²) in [5.74, 6) is 0.809. The highest BCUT2D eigenvalue weighted by molar-refractivity contribution is 4.94. The van der Waals surface area contributed by atoms with E-state index >= 15 is 0 Å². The van der Waals surface area contributed by atoms with E-state index in [1.165, 1.54) is 25.7 Å². The molecule has 2 bridgehead atoms. The van der Waals surface area contributed by atoms with Crippen molar-refractivity contribution in [3.63, 3.8) is 0 Å². The molecule has 0 aliphatic carbocycles. The van der Waals surface area contributed by atoms with Crippen molar-refractivity contribution in [1.82, 2.24) is 4.90 Å².